The standard InChI is InChI=1S/C33H33N7O3/c1-36(2)18-21-6-9-37(10-7-21)33(43)39-12-11-38-20-25(24-14-22(16-34)13-23(19-39)32(24)38)30-27(41)15-28(42)31(30)26-17-35-29-5-3-4-8-40(26)29/h3-5,8,13-14,17,20-21H,6-7,9-12,15,18-19H2,1-2H3. The van der Waals surface area contributed by atoms with Crippen molar-refractivity contribution in [1.29, 1.82) is 5.26 Å². The Morgan fingerprint density at radius 2 is 1.84 bits per heavy atom. The third-order valence-electron chi connectivity index (χ3n) is 9.00. The van der Waals surface area contributed by atoms with Crippen molar-refractivity contribution in [2.75, 3.05) is 40.3 Å². The van der Waals surface area contributed by atoms with E-state index in [0.717, 1.165) is 48.9 Å². The summed E-state index contributed by atoms with van der Waals surface area (Å²) >= 11 is 0. The lowest BCUT2D eigenvalue weighted by Gasteiger charge is -2.36. The largest absolute Gasteiger partial charge is 0.345 e. The van der Waals surface area contributed by atoms with Crippen LogP contribution in [0.2, 0.25) is 0 Å². The topological polar surface area (TPSA) is 107 Å². The van der Waals surface area contributed by atoms with E-state index in [0.29, 0.717) is 59.2 Å². The Morgan fingerprint density at radius 3 is 2.60 bits per heavy atom. The molecule has 0 saturated carbocycles. The van der Waals surface area contributed by atoms with Crippen molar-refractivity contribution < 1.29 is 14.4 Å². The fourth-order valence-electron chi connectivity index (χ4n) is 7.06. The molecule has 2 aliphatic heterocycles. The molecule has 3 aliphatic rings. The van der Waals surface area contributed by atoms with Gasteiger partial charge in [0.25, 0.3) is 0 Å². The second kappa shape index (κ2) is 10.5. The number of allylic oxidation sites excluding steroid dienone is 2. The van der Waals surface area contributed by atoms with E-state index in [9.17, 15) is 19.6 Å². The quantitative estimate of drug-likeness (QED) is 0.343. The fraction of sp³-hybridized carbons (Fsp3) is 0.364. The summed E-state index contributed by atoms with van der Waals surface area (Å²) in [6.07, 6.45) is 7.18. The van der Waals surface area contributed by atoms with E-state index in [1.807, 2.05) is 50.9 Å². The summed E-state index contributed by atoms with van der Waals surface area (Å²) in [6, 6.07) is 11.5. The van der Waals surface area contributed by atoms with Gasteiger partial charge in [-0.25, -0.2) is 9.78 Å². The molecule has 43 heavy (non-hydrogen) atoms. The number of likely N-dealkylation sites (tertiary alicyclic amines) is 1. The zero-order chi connectivity index (χ0) is 29.8. The molecule has 1 aromatic carbocycles. The van der Waals surface area contributed by atoms with Crippen molar-refractivity contribution >= 4 is 45.3 Å². The average Bonchev–Trinajstić information content (AvgIpc) is 3.62. The van der Waals surface area contributed by atoms with Gasteiger partial charge in [0.15, 0.2) is 11.6 Å². The highest BCUT2D eigenvalue weighted by molar-refractivity contribution is 6.51. The summed E-state index contributed by atoms with van der Waals surface area (Å²) in [5.74, 6) is 0.126. The molecular weight excluding hydrogens is 542 g/mol. The average molecular weight is 576 g/mol. The number of aromatic nitrogens is 3. The number of pyridine rings is 1. The number of amides is 2. The number of nitrogens with zero attached hydrogens (tertiary/aromatic N) is 7. The van der Waals surface area contributed by atoms with Crippen molar-refractivity contribution in [2.45, 2.75) is 32.4 Å². The first-order valence-electron chi connectivity index (χ1n) is 14.8. The highest BCUT2D eigenvalue weighted by atomic mass is 16.2. The highest BCUT2D eigenvalue weighted by Crippen LogP contribution is 2.41. The zero-order valence-corrected chi connectivity index (χ0v) is 24.4. The minimum Gasteiger partial charge on any atom is -0.345 e. The third-order valence-corrected chi connectivity index (χ3v) is 9.00. The smallest absolute Gasteiger partial charge is 0.320 e. The molecule has 218 valence electrons. The van der Waals surface area contributed by atoms with Crippen LogP contribution in [0.5, 0.6) is 0 Å². The van der Waals surface area contributed by atoms with Gasteiger partial charge in [-0.05, 0) is 62.7 Å². The molecule has 0 N–H and O–H groups in total. The minimum absolute atomic E-state index is 0.0268. The summed E-state index contributed by atoms with van der Waals surface area (Å²) in [7, 11) is 4.17. The maximum absolute atomic E-state index is 13.7. The van der Waals surface area contributed by atoms with Gasteiger partial charge in [-0.1, -0.05) is 6.07 Å². The van der Waals surface area contributed by atoms with Gasteiger partial charge < -0.3 is 19.3 Å². The first-order valence-corrected chi connectivity index (χ1v) is 14.8. The van der Waals surface area contributed by atoms with E-state index >= 15 is 0 Å². The van der Waals surface area contributed by atoms with E-state index in [4.69, 9.17) is 0 Å². The molecule has 0 radical (unpaired) electrons. The zero-order valence-electron chi connectivity index (χ0n) is 24.4. The maximum Gasteiger partial charge on any atom is 0.320 e. The Balaban J connectivity index is 1.28. The van der Waals surface area contributed by atoms with E-state index in [1.165, 1.54) is 0 Å². The van der Waals surface area contributed by atoms with Crippen molar-refractivity contribution in [3.05, 3.63) is 71.3 Å². The summed E-state index contributed by atoms with van der Waals surface area (Å²) in [4.78, 5) is 50.9. The van der Waals surface area contributed by atoms with E-state index < -0.39 is 0 Å². The Bertz CT molecular complexity index is 1880. The Labute approximate surface area is 249 Å². The normalized spacial score (nSPS) is 17.9. The van der Waals surface area contributed by atoms with Gasteiger partial charge in [0, 0.05) is 68.2 Å². The van der Waals surface area contributed by atoms with Gasteiger partial charge in [0.2, 0.25) is 0 Å². The summed E-state index contributed by atoms with van der Waals surface area (Å²) in [5.41, 5.74) is 4.86. The number of hydrogen-bond acceptors (Lipinski definition) is 6. The molecule has 2 amide bonds. The Hall–Kier alpha value is -4.75. The minimum atomic E-state index is -0.236. The molecule has 0 spiro atoms. The number of piperidine rings is 1. The number of urea groups is 1. The number of Topliss-reactive ketones (excluding diaryl/α,β-unsaturated/α-hetero) is 2. The molecule has 0 unspecified atom stereocenters. The maximum atomic E-state index is 13.7. The SMILES string of the molecule is CN(C)CC1CCN(C(=O)N2CCn3cc(C4=C(c5cnc6ccccn56)C(=O)CC4=O)c4cc(C#N)cc(c43)C2)CC1. The van der Waals surface area contributed by atoms with Gasteiger partial charge in [-0.3, -0.25) is 14.0 Å². The van der Waals surface area contributed by atoms with E-state index in [-0.39, 0.29) is 24.0 Å². The molecule has 10 nitrogen and oxygen atoms in total. The lowest BCUT2D eigenvalue weighted by molar-refractivity contribution is -0.119. The molecule has 7 rings (SSSR count). The first-order chi connectivity index (χ1) is 20.8. The molecule has 4 aromatic rings. The summed E-state index contributed by atoms with van der Waals surface area (Å²) < 4.78 is 3.90. The Kier molecular flexibility index (Phi) is 6.62. The van der Waals surface area contributed by atoms with Crippen LogP contribution < -0.4 is 0 Å². The predicted molar refractivity (Wildman–Crippen MR) is 162 cm³/mol. The van der Waals surface area contributed by atoms with Crippen molar-refractivity contribution in [3.63, 3.8) is 0 Å². The molecule has 10 heteroatoms. The second-order valence-corrected chi connectivity index (χ2v) is 12.1. The van der Waals surface area contributed by atoms with Gasteiger partial charge in [0.05, 0.1) is 41.0 Å². The van der Waals surface area contributed by atoms with E-state index in [2.05, 4.69) is 34.6 Å². The highest BCUT2D eigenvalue weighted by Gasteiger charge is 2.36. The molecule has 1 aliphatic carbocycles. The lowest BCUT2D eigenvalue weighted by atomic mass is 9.96. The van der Waals surface area contributed by atoms with Crippen LogP contribution >= 0.6 is 0 Å². The van der Waals surface area contributed by atoms with Crippen LogP contribution in [0.25, 0.3) is 27.7 Å². The van der Waals surface area contributed by atoms with Gasteiger partial charge in [-0.2, -0.15) is 5.26 Å². The number of rotatable bonds is 4. The van der Waals surface area contributed by atoms with Crippen LogP contribution in [0.4, 0.5) is 4.79 Å². The molecule has 1 saturated heterocycles. The van der Waals surface area contributed by atoms with E-state index in [1.54, 1.807) is 12.3 Å². The Morgan fingerprint density at radius 1 is 1.05 bits per heavy atom. The van der Waals surface area contributed by atoms with Crippen molar-refractivity contribution in [1.82, 2.24) is 28.7 Å². The number of hydrogen-bond donors (Lipinski definition) is 0. The third kappa shape index (κ3) is 4.61. The van der Waals surface area contributed by atoms with Crippen molar-refractivity contribution in [2.24, 2.45) is 5.92 Å². The summed E-state index contributed by atoms with van der Waals surface area (Å²) in [5, 5.41) is 10.7. The van der Waals surface area contributed by atoms with Crippen LogP contribution in [0.3, 0.4) is 0 Å². The number of imidazole rings is 1. The molecule has 0 bridgehead atoms. The summed E-state index contributed by atoms with van der Waals surface area (Å²) in [6.45, 7) is 3.94. The van der Waals surface area contributed by atoms with Crippen LogP contribution in [0.1, 0.15) is 41.6 Å². The van der Waals surface area contributed by atoms with Gasteiger partial charge >= 0.3 is 6.03 Å². The van der Waals surface area contributed by atoms with Crippen LogP contribution in [0, 0.1) is 17.2 Å². The second-order valence-electron chi connectivity index (χ2n) is 12.1. The fourth-order valence-corrected chi connectivity index (χ4v) is 7.06. The van der Waals surface area contributed by atoms with Crippen LogP contribution in [0.15, 0.2) is 48.9 Å². The number of benzene rings is 1. The lowest BCUT2D eigenvalue weighted by Crippen LogP contribution is -2.47. The van der Waals surface area contributed by atoms with Crippen molar-refractivity contribution in [3.8, 4) is 6.07 Å². The van der Waals surface area contributed by atoms with Crippen LogP contribution in [-0.4, -0.2) is 86.5 Å². The number of fused-ring (bicyclic) bond motifs is 1. The molecule has 3 aromatic heterocycles. The number of carbonyl (C=O) groups is 3. The predicted octanol–water partition coefficient (Wildman–Crippen LogP) is 3.82. The van der Waals surface area contributed by atoms with Gasteiger partial charge in [-0.15, -0.1) is 0 Å². The number of carbonyl (C=O) groups excluding carboxylic acids is 3. The van der Waals surface area contributed by atoms with Gasteiger partial charge in [0.1, 0.15) is 5.65 Å². The molecule has 0 atom stereocenters. The number of ketones is 2. The molecule has 5 heterocycles. The number of nitriles is 1. The first kappa shape index (κ1) is 27.1. The molecular formula is C33H33N7O3. The molecule has 1 fully saturated rings. The van der Waals surface area contributed by atoms with Crippen LogP contribution in [-0.2, 0) is 22.7 Å². The monoisotopic (exact) mass is 575 g/mol.